The molecule has 110 valence electrons. The summed E-state index contributed by atoms with van der Waals surface area (Å²) < 4.78 is 6.42. The zero-order valence-corrected chi connectivity index (χ0v) is 11.9. The summed E-state index contributed by atoms with van der Waals surface area (Å²) in [4.78, 5) is 28.2. The number of rotatable bonds is 3. The Hall–Kier alpha value is -2.44. The maximum atomic E-state index is 12.4. The topological polar surface area (TPSA) is 90.0 Å². The number of aromatic nitrogens is 3. The molecule has 1 N–H and O–H groups in total. The second-order valence-corrected chi connectivity index (χ2v) is 5.39. The quantitative estimate of drug-likeness (QED) is 0.905. The van der Waals surface area contributed by atoms with Gasteiger partial charge in [-0.1, -0.05) is 5.16 Å². The monoisotopic (exact) mass is 288 g/mol. The summed E-state index contributed by atoms with van der Waals surface area (Å²) in [5.74, 6) is 0.678. The molecular formula is C14H16N4O3. The summed E-state index contributed by atoms with van der Waals surface area (Å²) in [6, 6.07) is 2.94. The van der Waals surface area contributed by atoms with E-state index in [1.807, 2.05) is 0 Å². The molecule has 0 aliphatic heterocycles. The number of carbonyl (C=O) groups is 1. The molecule has 7 heteroatoms. The maximum Gasteiger partial charge on any atom is 0.252 e. The van der Waals surface area contributed by atoms with Crippen molar-refractivity contribution in [3.8, 4) is 0 Å². The highest BCUT2D eigenvalue weighted by atomic mass is 16.5. The van der Waals surface area contributed by atoms with Crippen LogP contribution in [0.5, 0.6) is 0 Å². The van der Waals surface area contributed by atoms with Crippen LogP contribution in [0.4, 0.5) is 0 Å². The number of nitrogens with zero attached hydrogens (tertiary/aromatic N) is 3. The van der Waals surface area contributed by atoms with Crippen molar-refractivity contribution in [2.45, 2.75) is 31.7 Å². The Labute approximate surface area is 121 Å². The van der Waals surface area contributed by atoms with Gasteiger partial charge >= 0.3 is 0 Å². The summed E-state index contributed by atoms with van der Waals surface area (Å²) in [6.45, 7) is 1.71. The van der Waals surface area contributed by atoms with Crippen molar-refractivity contribution >= 4 is 5.91 Å². The third-order valence-electron chi connectivity index (χ3n) is 3.88. The predicted molar refractivity (Wildman–Crippen MR) is 73.7 cm³/mol. The van der Waals surface area contributed by atoms with Crippen LogP contribution in [0.25, 0.3) is 0 Å². The molecule has 0 aromatic carbocycles. The van der Waals surface area contributed by atoms with E-state index in [0.717, 1.165) is 19.3 Å². The first-order chi connectivity index (χ1) is 10.00. The zero-order chi connectivity index (χ0) is 15.0. The number of hydrogen-bond acceptors (Lipinski definition) is 5. The van der Waals surface area contributed by atoms with E-state index >= 15 is 0 Å². The highest BCUT2D eigenvalue weighted by molar-refractivity contribution is 5.94. The number of nitrogens with one attached hydrogen (secondary N) is 1. The van der Waals surface area contributed by atoms with Gasteiger partial charge in [-0.3, -0.25) is 9.59 Å². The van der Waals surface area contributed by atoms with Crippen molar-refractivity contribution in [2.75, 3.05) is 0 Å². The summed E-state index contributed by atoms with van der Waals surface area (Å²) in [6.07, 6.45) is 4.10. The third kappa shape index (κ3) is 2.35. The maximum absolute atomic E-state index is 12.4. The fourth-order valence-corrected chi connectivity index (χ4v) is 2.41. The van der Waals surface area contributed by atoms with Gasteiger partial charge in [0.2, 0.25) is 5.89 Å². The van der Waals surface area contributed by atoms with Crippen molar-refractivity contribution in [1.82, 2.24) is 20.0 Å². The molecule has 0 radical (unpaired) electrons. The van der Waals surface area contributed by atoms with Gasteiger partial charge in [0.15, 0.2) is 5.82 Å². The first kappa shape index (κ1) is 13.5. The summed E-state index contributed by atoms with van der Waals surface area (Å²) >= 11 is 0. The first-order valence-electron chi connectivity index (χ1n) is 6.80. The van der Waals surface area contributed by atoms with Crippen molar-refractivity contribution in [3.63, 3.8) is 0 Å². The minimum Gasteiger partial charge on any atom is -0.340 e. The molecular weight excluding hydrogens is 272 g/mol. The van der Waals surface area contributed by atoms with Crippen LogP contribution in [0.15, 0.2) is 27.6 Å². The summed E-state index contributed by atoms with van der Waals surface area (Å²) in [5, 5.41) is 6.87. The second-order valence-electron chi connectivity index (χ2n) is 5.39. The molecule has 0 bridgehead atoms. The van der Waals surface area contributed by atoms with Crippen LogP contribution in [0.2, 0.25) is 0 Å². The Morgan fingerprint density at radius 1 is 1.48 bits per heavy atom. The molecule has 3 rings (SSSR count). The van der Waals surface area contributed by atoms with Crippen LogP contribution in [0, 0.1) is 6.92 Å². The molecule has 21 heavy (non-hydrogen) atoms. The van der Waals surface area contributed by atoms with Crippen molar-refractivity contribution in [2.24, 2.45) is 7.05 Å². The first-order valence-corrected chi connectivity index (χ1v) is 6.80. The number of aryl methyl sites for hydroxylation is 2. The molecule has 0 unspecified atom stereocenters. The van der Waals surface area contributed by atoms with Crippen LogP contribution in [-0.2, 0) is 12.6 Å². The Balaban J connectivity index is 1.85. The molecule has 1 aliphatic carbocycles. The number of carbonyl (C=O) groups excluding carboxylic acids is 1. The van der Waals surface area contributed by atoms with Gasteiger partial charge in [0.1, 0.15) is 5.54 Å². The molecule has 1 amide bonds. The molecule has 0 spiro atoms. The lowest BCUT2D eigenvalue weighted by Gasteiger charge is -2.39. The normalized spacial score (nSPS) is 16.3. The van der Waals surface area contributed by atoms with Gasteiger partial charge in [0, 0.05) is 31.8 Å². The number of amides is 1. The van der Waals surface area contributed by atoms with E-state index < -0.39 is 5.54 Å². The average molecular weight is 288 g/mol. The van der Waals surface area contributed by atoms with Crippen LogP contribution in [-0.4, -0.2) is 20.6 Å². The zero-order valence-electron chi connectivity index (χ0n) is 11.9. The smallest absolute Gasteiger partial charge is 0.252 e. The average Bonchev–Trinajstić information content (AvgIpc) is 2.83. The van der Waals surface area contributed by atoms with Gasteiger partial charge in [0.05, 0.1) is 0 Å². The van der Waals surface area contributed by atoms with Crippen molar-refractivity contribution in [3.05, 3.63) is 46.0 Å². The molecule has 7 nitrogen and oxygen atoms in total. The van der Waals surface area contributed by atoms with Crippen molar-refractivity contribution in [1.29, 1.82) is 0 Å². The molecule has 2 aromatic rings. The Morgan fingerprint density at radius 3 is 2.76 bits per heavy atom. The van der Waals surface area contributed by atoms with E-state index in [2.05, 4.69) is 15.5 Å². The number of hydrogen-bond donors (Lipinski definition) is 1. The predicted octanol–water partition coefficient (Wildman–Crippen LogP) is 0.886. The van der Waals surface area contributed by atoms with E-state index in [0.29, 0.717) is 17.3 Å². The van der Waals surface area contributed by atoms with Gasteiger partial charge in [-0.15, -0.1) is 0 Å². The van der Waals surface area contributed by atoms with Crippen LogP contribution < -0.4 is 10.9 Å². The van der Waals surface area contributed by atoms with Gasteiger partial charge in [-0.25, -0.2) is 0 Å². The largest absolute Gasteiger partial charge is 0.340 e. The highest BCUT2D eigenvalue weighted by Gasteiger charge is 2.44. The lowest BCUT2D eigenvalue weighted by atomic mass is 9.76. The minimum atomic E-state index is -0.573. The lowest BCUT2D eigenvalue weighted by Crippen LogP contribution is -2.51. The fourth-order valence-electron chi connectivity index (χ4n) is 2.41. The van der Waals surface area contributed by atoms with Gasteiger partial charge in [-0.2, -0.15) is 4.98 Å². The molecule has 0 saturated heterocycles. The molecule has 1 aliphatic rings. The standard InChI is InChI=1S/C14H16N4O3/c1-9-15-13(17-21-9)14(5-3-6-14)16-12(20)10-4-7-18(2)11(19)8-10/h4,7-8H,3,5-6H2,1-2H3,(H,16,20). The SMILES string of the molecule is Cc1nc(C2(NC(=O)c3ccn(C)c(=O)c3)CCC2)no1. The van der Waals surface area contributed by atoms with Gasteiger partial charge in [0.25, 0.3) is 11.5 Å². The van der Waals surface area contributed by atoms with E-state index in [1.165, 1.54) is 10.6 Å². The van der Waals surface area contributed by atoms with Crippen LogP contribution in [0.3, 0.4) is 0 Å². The Bertz CT molecular complexity index is 743. The van der Waals surface area contributed by atoms with Crippen LogP contribution >= 0.6 is 0 Å². The molecule has 0 atom stereocenters. The molecule has 1 saturated carbocycles. The second kappa shape index (κ2) is 4.83. The fraction of sp³-hybridized carbons (Fsp3) is 0.429. The summed E-state index contributed by atoms with van der Waals surface area (Å²) in [5.41, 5.74) is -0.457. The number of pyridine rings is 1. The van der Waals surface area contributed by atoms with E-state index in [1.54, 1.807) is 26.2 Å². The van der Waals surface area contributed by atoms with E-state index in [9.17, 15) is 9.59 Å². The van der Waals surface area contributed by atoms with Gasteiger partial charge in [-0.05, 0) is 25.3 Å². The summed E-state index contributed by atoms with van der Waals surface area (Å²) in [7, 11) is 1.64. The highest BCUT2D eigenvalue weighted by Crippen LogP contribution is 2.39. The van der Waals surface area contributed by atoms with Gasteiger partial charge < -0.3 is 14.4 Å². The Morgan fingerprint density at radius 2 is 2.24 bits per heavy atom. The molecule has 2 heterocycles. The van der Waals surface area contributed by atoms with E-state index in [-0.39, 0.29) is 11.5 Å². The third-order valence-corrected chi connectivity index (χ3v) is 3.88. The van der Waals surface area contributed by atoms with E-state index in [4.69, 9.17) is 4.52 Å². The lowest BCUT2D eigenvalue weighted by molar-refractivity contribution is 0.0804. The van der Waals surface area contributed by atoms with Crippen molar-refractivity contribution < 1.29 is 9.32 Å². The Kier molecular flexibility index (Phi) is 3.12. The molecule has 1 fully saturated rings. The van der Waals surface area contributed by atoms with Crippen LogP contribution in [0.1, 0.15) is 41.3 Å². The minimum absolute atomic E-state index is 0.222. The molecule has 2 aromatic heterocycles.